The van der Waals surface area contributed by atoms with Crippen LogP contribution in [0, 0.1) is 6.92 Å². The first-order valence-corrected chi connectivity index (χ1v) is 5.63. The predicted molar refractivity (Wildman–Crippen MR) is 62.6 cm³/mol. The van der Waals surface area contributed by atoms with Crippen LogP contribution in [0.2, 0.25) is 0 Å². The largest absolute Gasteiger partial charge is 0.490 e. The van der Waals surface area contributed by atoms with Crippen LogP contribution in [0.3, 0.4) is 0 Å². The van der Waals surface area contributed by atoms with Crippen molar-refractivity contribution >= 4 is 11.0 Å². The molecule has 1 heterocycles. The SMILES string of the molecule is Cc1cc2cc(O[C@H]3C[C@@H](N)C3)ccc2o1. The molecule has 2 aromatic rings. The third kappa shape index (κ3) is 1.67. The van der Waals surface area contributed by atoms with E-state index in [-0.39, 0.29) is 0 Å². The van der Waals surface area contributed by atoms with Crippen LogP contribution < -0.4 is 10.5 Å². The summed E-state index contributed by atoms with van der Waals surface area (Å²) in [7, 11) is 0. The number of hydrogen-bond acceptors (Lipinski definition) is 3. The Hall–Kier alpha value is -1.48. The second-order valence-electron chi connectivity index (χ2n) is 4.53. The Bertz CT molecular complexity index is 512. The van der Waals surface area contributed by atoms with Gasteiger partial charge in [-0.3, -0.25) is 0 Å². The molecule has 0 radical (unpaired) electrons. The fourth-order valence-corrected chi connectivity index (χ4v) is 2.12. The van der Waals surface area contributed by atoms with Gasteiger partial charge in [0.05, 0.1) is 0 Å². The van der Waals surface area contributed by atoms with Gasteiger partial charge in [0, 0.05) is 11.4 Å². The molecule has 0 atom stereocenters. The minimum atomic E-state index is 0.292. The molecule has 1 saturated carbocycles. The fourth-order valence-electron chi connectivity index (χ4n) is 2.12. The van der Waals surface area contributed by atoms with Gasteiger partial charge in [-0.25, -0.2) is 0 Å². The number of furan rings is 1. The number of fused-ring (bicyclic) bond motifs is 1. The van der Waals surface area contributed by atoms with Crippen molar-refractivity contribution in [3.05, 3.63) is 30.0 Å². The Morgan fingerprint density at radius 3 is 2.88 bits per heavy atom. The minimum absolute atomic E-state index is 0.292. The van der Waals surface area contributed by atoms with Gasteiger partial charge in [0.1, 0.15) is 23.2 Å². The molecule has 0 spiro atoms. The van der Waals surface area contributed by atoms with Crippen LogP contribution in [0.1, 0.15) is 18.6 Å². The molecule has 0 saturated heterocycles. The van der Waals surface area contributed by atoms with Crippen molar-refractivity contribution in [2.75, 3.05) is 0 Å². The lowest BCUT2D eigenvalue weighted by molar-refractivity contribution is 0.101. The number of benzene rings is 1. The van der Waals surface area contributed by atoms with E-state index in [0.29, 0.717) is 12.1 Å². The van der Waals surface area contributed by atoms with Crippen molar-refractivity contribution in [2.24, 2.45) is 5.73 Å². The average molecular weight is 217 g/mol. The molecule has 0 amide bonds. The summed E-state index contributed by atoms with van der Waals surface area (Å²) in [6.07, 6.45) is 2.21. The van der Waals surface area contributed by atoms with Gasteiger partial charge in [0.2, 0.25) is 0 Å². The van der Waals surface area contributed by atoms with Gasteiger partial charge < -0.3 is 14.9 Å². The molecule has 0 aliphatic heterocycles. The molecule has 0 unspecified atom stereocenters. The van der Waals surface area contributed by atoms with Crippen molar-refractivity contribution in [1.82, 2.24) is 0 Å². The number of aryl methyl sites for hydroxylation is 1. The highest BCUT2D eigenvalue weighted by Crippen LogP contribution is 2.28. The first-order valence-electron chi connectivity index (χ1n) is 5.63. The number of hydrogen-bond donors (Lipinski definition) is 1. The van der Waals surface area contributed by atoms with Gasteiger partial charge in [-0.15, -0.1) is 0 Å². The van der Waals surface area contributed by atoms with E-state index in [0.717, 1.165) is 35.3 Å². The van der Waals surface area contributed by atoms with Crippen LogP contribution in [0.15, 0.2) is 28.7 Å². The summed E-state index contributed by atoms with van der Waals surface area (Å²) in [5.74, 6) is 1.84. The summed E-state index contributed by atoms with van der Waals surface area (Å²) in [6.45, 7) is 1.95. The second-order valence-corrected chi connectivity index (χ2v) is 4.53. The Labute approximate surface area is 94.2 Å². The lowest BCUT2D eigenvalue weighted by Gasteiger charge is -2.32. The van der Waals surface area contributed by atoms with Crippen molar-refractivity contribution in [2.45, 2.75) is 31.9 Å². The summed E-state index contributed by atoms with van der Waals surface area (Å²) in [6, 6.07) is 8.28. The average Bonchev–Trinajstić information content (AvgIpc) is 2.55. The summed E-state index contributed by atoms with van der Waals surface area (Å²) >= 11 is 0. The first kappa shape index (κ1) is 9.73. The number of rotatable bonds is 2. The molecule has 1 aromatic carbocycles. The maximum atomic E-state index is 5.82. The Kier molecular flexibility index (Phi) is 2.14. The normalized spacial score (nSPS) is 24.4. The Balaban J connectivity index is 1.82. The fraction of sp³-hybridized carbons (Fsp3) is 0.385. The maximum Gasteiger partial charge on any atom is 0.134 e. The number of nitrogens with two attached hydrogens (primary N) is 1. The van der Waals surface area contributed by atoms with Crippen LogP contribution in [0.5, 0.6) is 5.75 Å². The highest BCUT2D eigenvalue weighted by molar-refractivity contribution is 5.79. The molecule has 1 fully saturated rings. The molecule has 3 nitrogen and oxygen atoms in total. The van der Waals surface area contributed by atoms with Crippen molar-refractivity contribution in [1.29, 1.82) is 0 Å². The maximum absolute atomic E-state index is 5.82. The standard InChI is InChI=1S/C13H15NO2/c1-8-4-9-5-11(2-3-13(9)15-8)16-12-6-10(14)7-12/h2-5,10,12H,6-7,14H2,1H3/t10-,12+. The third-order valence-corrected chi connectivity index (χ3v) is 3.04. The van der Waals surface area contributed by atoms with Crippen LogP contribution in [0.4, 0.5) is 0 Å². The van der Waals surface area contributed by atoms with E-state index in [1.165, 1.54) is 0 Å². The molecule has 1 aromatic heterocycles. The molecule has 0 bridgehead atoms. The molecule has 16 heavy (non-hydrogen) atoms. The van der Waals surface area contributed by atoms with E-state index >= 15 is 0 Å². The third-order valence-electron chi connectivity index (χ3n) is 3.04. The van der Waals surface area contributed by atoms with Gasteiger partial charge in [0.15, 0.2) is 0 Å². The summed E-state index contributed by atoms with van der Waals surface area (Å²) in [4.78, 5) is 0. The molecule has 1 aliphatic carbocycles. The second kappa shape index (κ2) is 3.52. The van der Waals surface area contributed by atoms with Gasteiger partial charge in [-0.2, -0.15) is 0 Å². The zero-order valence-electron chi connectivity index (χ0n) is 9.27. The van der Waals surface area contributed by atoms with Crippen molar-refractivity contribution < 1.29 is 9.15 Å². The smallest absolute Gasteiger partial charge is 0.134 e. The van der Waals surface area contributed by atoms with Crippen LogP contribution in [-0.2, 0) is 0 Å². The van der Waals surface area contributed by atoms with Gasteiger partial charge in [0.25, 0.3) is 0 Å². The molecular formula is C13H15NO2. The molecule has 2 N–H and O–H groups in total. The summed E-state index contributed by atoms with van der Waals surface area (Å²) in [5.41, 5.74) is 6.63. The predicted octanol–water partition coefficient (Wildman–Crippen LogP) is 2.61. The van der Waals surface area contributed by atoms with Crippen LogP contribution >= 0.6 is 0 Å². The van der Waals surface area contributed by atoms with Crippen molar-refractivity contribution in [3.63, 3.8) is 0 Å². The van der Waals surface area contributed by atoms with Crippen LogP contribution in [0.25, 0.3) is 11.0 Å². The van der Waals surface area contributed by atoms with Gasteiger partial charge in [-0.1, -0.05) is 0 Å². The molecular weight excluding hydrogens is 202 g/mol. The molecule has 84 valence electrons. The van der Waals surface area contributed by atoms with E-state index < -0.39 is 0 Å². The summed E-state index contributed by atoms with van der Waals surface area (Å²) in [5, 5.41) is 1.10. The highest BCUT2D eigenvalue weighted by atomic mass is 16.5. The monoisotopic (exact) mass is 217 g/mol. The van der Waals surface area contributed by atoms with E-state index in [1.807, 2.05) is 31.2 Å². The molecule has 3 heteroatoms. The first-order chi connectivity index (χ1) is 7.70. The zero-order chi connectivity index (χ0) is 11.1. The van der Waals surface area contributed by atoms with E-state index in [1.54, 1.807) is 0 Å². The Morgan fingerprint density at radius 1 is 1.31 bits per heavy atom. The number of ether oxygens (including phenoxy) is 1. The lowest BCUT2D eigenvalue weighted by Crippen LogP contribution is -2.43. The molecule has 1 aliphatic rings. The van der Waals surface area contributed by atoms with E-state index in [9.17, 15) is 0 Å². The summed E-state index contributed by atoms with van der Waals surface area (Å²) < 4.78 is 11.3. The van der Waals surface area contributed by atoms with Gasteiger partial charge >= 0.3 is 0 Å². The van der Waals surface area contributed by atoms with Crippen molar-refractivity contribution in [3.8, 4) is 5.75 Å². The zero-order valence-corrected chi connectivity index (χ0v) is 9.27. The van der Waals surface area contributed by atoms with E-state index in [2.05, 4.69) is 0 Å². The Morgan fingerprint density at radius 2 is 2.12 bits per heavy atom. The van der Waals surface area contributed by atoms with Crippen LogP contribution in [-0.4, -0.2) is 12.1 Å². The van der Waals surface area contributed by atoms with E-state index in [4.69, 9.17) is 14.9 Å². The minimum Gasteiger partial charge on any atom is -0.490 e. The molecule has 3 rings (SSSR count). The topological polar surface area (TPSA) is 48.4 Å². The highest BCUT2D eigenvalue weighted by Gasteiger charge is 2.27. The quantitative estimate of drug-likeness (QED) is 0.841. The van der Waals surface area contributed by atoms with Gasteiger partial charge in [-0.05, 0) is 44.0 Å². The lowest BCUT2D eigenvalue weighted by atomic mass is 9.90.